The number of unbranched alkanes of at least 4 members (excludes halogenated alkanes) is 3. The molecule has 0 N–H and O–H groups in total. The van der Waals surface area contributed by atoms with Gasteiger partial charge in [-0.1, -0.05) is 46.1 Å². The lowest BCUT2D eigenvalue weighted by molar-refractivity contribution is 0.0734. The van der Waals surface area contributed by atoms with E-state index in [0.29, 0.717) is 6.61 Å². The summed E-state index contributed by atoms with van der Waals surface area (Å²) < 4.78 is 17.9. The zero-order valence-corrected chi connectivity index (χ0v) is 14.2. The van der Waals surface area contributed by atoms with E-state index in [-0.39, 0.29) is 0 Å². The van der Waals surface area contributed by atoms with Gasteiger partial charge < -0.3 is 13.3 Å². The van der Waals surface area contributed by atoms with Crippen molar-refractivity contribution in [2.24, 2.45) is 0 Å². The van der Waals surface area contributed by atoms with E-state index in [1.165, 1.54) is 0 Å². The molecule has 114 valence electrons. The predicted molar refractivity (Wildman–Crippen MR) is 83.1 cm³/mol. The average Bonchev–Trinajstić information content (AvgIpc) is 2.40. The smallest absolute Gasteiger partial charge is 0.371 e. The lowest BCUT2D eigenvalue weighted by Crippen LogP contribution is -2.45. The van der Waals surface area contributed by atoms with Crippen molar-refractivity contribution in [3.05, 3.63) is 11.8 Å². The van der Waals surface area contributed by atoms with E-state index in [1.807, 2.05) is 6.92 Å². The Hall–Kier alpha value is -0.163. The molecule has 0 radical (unpaired) electrons. The van der Waals surface area contributed by atoms with Crippen LogP contribution in [0.1, 0.15) is 66.2 Å². The van der Waals surface area contributed by atoms with Gasteiger partial charge in [-0.05, 0) is 31.9 Å². The van der Waals surface area contributed by atoms with E-state index < -0.39 is 8.80 Å². The number of hydrogen-bond acceptors (Lipinski definition) is 3. The van der Waals surface area contributed by atoms with Gasteiger partial charge in [-0.25, -0.2) is 0 Å². The van der Waals surface area contributed by atoms with Gasteiger partial charge in [0.1, 0.15) is 0 Å². The molecule has 0 aromatic rings. The third kappa shape index (κ3) is 9.38. The second-order valence-electron chi connectivity index (χ2n) is 4.63. The van der Waals surface area contributed by atoms with Crippen molar-refractivity contribution < 1.29 is 13.3 Å². The van der Waals surface area contributed by atoms with Crippen molar-refractivity contribution in [1.29, 1.82) is 0 Å². The fourth-order valence-electron chi connectivity index (χ4n) is 1.58. The maximum Gasteiger partial charge on any atom is 0.529 e. The summed E-state index contributed by atoms with van der Waals surface area (Å²) in [6, 6.07) is 0. The predicted octanol–water partition coefficient (Wildman–Crippen LogP) is 4.49. The first-order valence-electron chi connectivity index (χ1n) is 7.84. The molecule has 0 saturated carbocycles. The molecule has 0 bridgehead atoms. The van der Waals surface area contributed by atoms with Gasteiger partial charge in [0.25, 0.3) is 0 Å². The first-order chi connectivity index (χ1) is 9.24. The number of allylic oxidation sites excluding steroid dienone is 1. The second kappa shape index (κ2) is 12.8. The largest absolute Gasteiger partial charge is 0.529 e. The van der Waals surface area contributed by atoms with E-state index in [1.54, 1.807) is 0 Å². The molecule has 0 fully saturated rings. The van der Waals surface area contributed by atoms with E-state index in [9.17, 15) is 0 Å². The Labute approximate surface area is 120 Å². The van der Waals surface area contributed by atoms with Gasteiger partial charge in [0, 0.05) is 19.8 Å². The van der Waals surface area contributed by atoms with Crippen molar-refractivity contribution in [3.8, 4) is 0 Å². The fourth-order valence-corrected chi connectivity index (χ4v) is 3.84. The Bertz CT molecular complexity index is 209. The molecule has 0 aromatic carbocycles. The topological polar surface area (TPSA) is 27.7 Å². The standard InChI is InChI=1S/C15H32O3Si/c1-5-9-12-15-19(16-8-4,17-13-10-6-2)18-14-11-7-3/h12,15H,5-11,13-14H2,1-4H3. The van der Waals surface area contributed by atoms with Crippen LogP contribution in [0.2, 0.25) is 0 Å². The SMILES string of the molecule is CCCC=C[Si](OCC)(OCCCC)OCCCC. The van der Waals surface area contributed by atoms with Crippen LogP contribution >= 0.6 is 0 Å². The molecule has 4 heteroatoms. The molecule has 0 rings (SSSR count). The Morgan fingerprint density at radius 3 is 1.79 bits per heavy atom. The van der Waals surface area contributed by atoms with Gasteiger partial charge in [-0.15, -0.1) is 0 Å². The molecule has 0 atom stereocenters. The summed E-state index contributed by atoms with van der Waals surface area (Å²) in [5.74, 6) is 0. The van der Waals surface area contributed by atoms with Gasteiger partial charge >= 0.3 is 8.80 Å². The van der Waals surface area contributed by atoms with Crippen molar-refractivity contribution in [3.63, 3.8) is 0 Å². The van der Waals surface area contributed by atoms with Crippen LogP contribution in [0.4, 0.5) is 0 Å². The van der Waals surface area contributed by atoms with Crippen LogP contribution in [0.15, 0.2) is 11.8 Å². The van der Waals surface area contributed by atoms with Gasteiger partial charge in [0.15, 0.2) is 0 Å². The highest BCUT2D eigenvalue weighted by molar-refractivity contribution is 6.66. The molecular weight excluding hydrogens is 256 g/mol. The summed E-state index contributed by atoms with van der Waals surface area (Å²) in [6.07, 6.45) is 8.71. The van der Waals surface area contributed by atoms with Crippen LogP contribution in [-0.2, 0) is 13.3 Å². The molecule has 3 nitrogen and oxygen atoms in total. The minimum atomic E-state index is -2.59. The number of rotatable bonds is 13. The normalized spacial score (nSPS) is 12.4. The van der Waals surface area contributed by atoms with Crippen LogP contribution in [0.3, 0.4) is 0 Å². The Kier molecular flexibility index (Phi) is 12.7. The highest BCUT2D eigenvalue weighted by atomic mass is 28.4. The minimum absolute atomic E-state index is 0.640. The van der Waals surface area contributed by atoms with E-state index in [0.717, 1.165) is 51.7 Å². The summed E-state index contributed by atoms with van der Waals surface area (Å²) in [5.41, 5.74) is 2.07. The van der Waals surface area contributed by atoms with E-state index in [2.05, 4.69) is 32.5 Å². The lowest BCUT2D eigenvalue weighted by Gasteiger charge is -2.26. The first-order valence-corrected chi connectivity index (χ1v) is 9.64. The van der Waals surface area contributed by atoms with Gasteiger partial charge in [-0.3, -0.25) is 0 Å². The van der Waals surface area contributed by atoms with Crippen LogP contribution < -0.4 is 0 Å². The molecule has 0 aliphatic carbocycles. The quantitative estimate of drug-likeness (QED) is 0.369. The van der Waals surface area contributed by atoms with Gasteiger partial charge in [0.05, 0.1) is 0 Å². The summed E-state index contributed by atoms with van der Waals surface area (Å²) in [7, 11) is -2.59. The van der Waals surface area contributed by atoms with Crippen molar-refractivity contribution >= 4 is 8.80 Å². The van der Waals surface area contributed by atoms with Crippen molar-refractivity contribution in [2.45, 2.75) is 66.2 Å². The highest BCUT2D eigenvalue weighted by Gasteiger charge is 2.37. The second-order valence-corrected chi connectivity index (χ2v) is 7.04. The Morgan fingerprint density at radius 1 is 0.789 bits per heavy atom. The number of hydrogen-bond donors (Lipinski definition) is 0. The summed E-state index contributed by atoms with van der Waals surface area (Å²) in [5, 5.41) is 0. The maximum absolute atomic E-state index is 6.01. The molecule has 0 amide bonds. The Morgan fingerprint density at radius 2 is 1.37 bits per heavy atom. The summed E-state index contributed by atoms with van der Waals surface area (Å²) in [4.78, 5) is 0. The van der Waals surface area contributed by atoms with Gasteiger partial charge in [-0.2, -0.15) is 0 Å². The zero-order chi connectivity index (χ0) is 14.4. The Balaban J connectivity index is 4.56. The van der Waals surface area contributed by atoms with Crippen LogP contribution in [0.5, 0.6) is 0 Å². The molecule has 0 aromatic heterocycles. The highest BCUT2D eigenvalue weighted by Crippen LogP contribution is 2.14. The maximum atomic E-state index is 6.01. The van der Waals surface area contributed by atoms with E-state index in [4.69, 9.17) is 13.3 Å². The van der Waals surface area contributed by atoms with Crippen molar-refractivity contribution in [1.82, 2.24) is 0 Å². The molecule has 19 heavy (non-hydrogen) atoms. The molecule has 0 spiro atoms. The van der Waals surface area contributed by atoms with Gasteiger partial charge in [0.2, 0.25) is 0 Å². The molecular formula is C15H32O3Si. The third-order valence-electron chi connectivity index (χ3n) is 2.73. The van der Waals surface area contributed by atoms with Crippen LogP contribution in [-0.4, -0.2) is 28.6 Å². The zero-order valence-electron chi connectivity index (χ0n) is 13.2. The molecule has 0 saturated heterocycles. The summed E-state index contributed by atoms with van der Waals surface area (Å²) in [6.45, 7) is 10.6. The molecule has 0 aliphatic rings. The lowest BCUT2D eigenvalue weighted by atomic mass is 10.3. The molecule has 0 heterocycles. The third-order valence-corrected chi connectivity index (χ3v) is 5.27. The van der Waals surface area contributed by atoms with Crippen LogP contribution in [0.25, 0.3) is 0 Å². The summed E-state index contributed by atoms with van der Waals surface area (Å²) >= 11 is 0. The van der Waals surface area contributed by atoms with Crippen LogP contribution in [0, 0.1) is 0 Å². The fraction of sp³-hybridized carbons (Fsp3) is 0.867. The average molecular weight is 289 g/mol. The van der Waals surface area contributed by atoms with Crippen molar-refractivity contribution in [2.75, 3.05) is 19.8 Å². The molecule has 0 unspecified atom stereocenters. The molecule has 0 aliphatic heterocycles. The van der Waals surface area contributed by atoms with E-state index >= 15 is 0 Å². The first kappa shape index (κ1) is 18.8. The monoisotopic (exact) mass is 288 g/mol. The minimum Gasteiger partial charge on any atom is -0.371 e.